The first kappa shape index (κ1) is 19.7. The molecule has 3 rings (SSSR count). The molecule has 6 nitrogen and oxygen atoms in total. The molecule has 0 aromatic heterocycles. The average molecular weight is 383 g/mol. The number of hydrogen-bond donors (Lipinski definition) is 0. The number of nitrogens with zero attached hydrogens (tertiary/aromatic N) is 1. The van der Waals surface area contributed by atoms with Crippen LogP contribution in [0.2, 0.25) is 0 Å². The predicted octanol–water partition coefficient (Wildman–Crippen LogP) is 3.48. The molecule has 0 radical (unpaired) electrons. The van der Waals surface area contributed by atoms with Gasteiger partial charge in [0.05, 0.1) is 14.2 Å². The zero-order valence-electron chi connectivity index (χ0n) is 16.4. The van der Waals surface area contributed by atoms with Crippen LogP contribution in [-0.4, -0.2) is 43.5 Å². The van der Waals surface area contributed by atoms with Crippen LogP contribution in [0, 0.1) is 0 Å². The summed E-state index contributed by atoms with van der Waals surface area (Å²) >= 11 is 0. The Balaban J connectivity index is 1.67. The monoisotopic (exact) mass is 383 g/mol. The first-order chi connectivity index (χ1) is 13.5. The van der Waals surface area contributed by atoms with Crippen LogP contribution < -0.4 is 14.2 Å². The minimum Gasteiger partial charge on any atom is -0.497 e. The maximum Gasteiger partial charge on any atom is 0.261 e. The highest BCUT2D eigenvalue weighted by molar-refractivity contribution is 5.94. The van der Waals surface area contributed by atoms with E-state index in [4.69, 9.17) is 14.2 Å². The first-order valence-electron chi connectivity index (χ1n) is 9.26. The maximum absolute atomic E-state index is 12.8. The maximum atomic E-state index is 12.8. The lowest BCUT2D eigenvalue weighted by molar-refractivity contribution is -0.134. The first-order valence-corrected chi connectivity index (χ1v) is 9.26. The molecule has 0 atom stereocenters. The van der Waals surface area contributed by atoms with E-state index in [-0.39, 0.29) is 24.3 Å². The fourth-order valence-corrected chi connectivity index (χ4v) is 3.01. The van der Waals surface area contributed by atoms with Gasteiger partial charge in [-0.05, 0) is 62.2 Å². The number of hydrogen-bond acceptors (Lipinski definition) is 5. The standard InChI is InChI=1S/C22H25NO5/c1-15(24)16-4-8-19(9-5-16)28-14-22(25)23(18-6-7-18)13-17-12-20(26-2)10-11-21(17)27-3/h4-5,8-12,18H,6-7,13-14H2,1-3H3. The lowest BCUT2D eigenvalue weighted by Crippen LogP contribution is -2.36. The Kier molecular flexibility index (Phi) is 6.19. The molecule has 1 aliphatic rings. The molecule has 28 heavy (non-hydrogen) atoms. The van der Waals surface area contributed by atoms with Gasteiger partial charge in [0.1, 0.15) is 17.2 Å². The van der Waals surface area contributed by atoms with Crippen molar-refractivity contribution in [2.75, 3.05) is 20.8 Å². The molecule has 0 unspecified atom stereocenters. The van der Waals surface area contributed by atoms with Crippen molar-refractivity contribution in [1.82, 2.24) is 4.90 Å². The van der Waals surface area contributed by atoms with Crippen molar-refractivity contribution in [2.24, 2.45) is 0 Å². The molecule has 2 aromatic rings. The number of Topliss-reactive ketones (excluding diaryl/α,β-unsaturated/α-hetero) is 1. The number of rotatable bonds is 9. The molecule has 0 heterocycles. The molecular weight excluding hydrogens is 358 g/mol. The van der Waals surface area contributed by atoms with Crippen LogP contribution in [0.3, 0.4) is 0 Å². The molecule has 1 saturated carbocycles. The Morgan fingerprint density at radius 2 is 1.68 bits per heavy atom. The van der Waals surface area contributed by atoms with Gasteiger partial charge in [0, 0.05) is 23.7 Å². The third-order valence-electron chi connectivity index (χ3n) is 4.76. The summed E-state index contributed by atoms with van der Waals surface area (Å²) in [5.41, 5.74) is 1.51. The summed E-state index contributed by atoms with van der Waals surface area (Å²) in [5.74, 6) is 1.92. The second kappa shape index (κ2) is 8.78. The average Bonchev–Trinajstić information content (AvgIpc) is 3.55. The Morgan fingerprint density at radius 1 is 1.00 bits per heavy atom. The number of benzene rings is 2. The smallest absolute Gasteiger partial charge is 0.261 e. The van der Waals surface area contributed by atoms with E-state index in [1.165, 1.54) is 6.92 Å². The van der Waals surface area contributed by atoms with E-state index in [0.717, 1.165) is 29.9 Å². The summed E-state index contributed by atoms with van der Waals surface area (Å²) in [5, 5.41) is 0. The van der Waals surface area contributed by atoms with Gasteiger partial charge in [0.15, 0.2) is 12.4 Å². The lowest BCUT2D eigenvalue weighted by atomic mass is 10.1. The lowest BCUT2D eigenvalue weighted by Gasteiger charge is -2.24. The van der Waals surface area contributed by atoms with Crippen LogP contribution in [0.25, 0.3) is 0 Å². The van der Waals surface area contributed by atoms with Gasteiger partial charge in [-0.1, -0.05) is 0 Å². The number of carbonyl (C=O) groups excluding carboxylic acids is 2. The molecule has 1 fully saturated rings. The number of amides is 1. The molecule has 1 aliphatic carbocycles. The van der Waals surface area contributed by atoms with Gasteiger partial charge < -0.3 is 19.1 Å². The molecule has 0 spiro atoms. The van der Waals surface area contributed by atoms with Crippen molar-refractivity contribution in [3.63, 3.8) is 0 Å². The number of carbonyl (C=O) groups is 2. The molecule has 6 heteroatoms. The van der Waals surface area contributed by atoms with E-state index >= 15 is 0 Å². The van der Waals surface area contributed by atoms with Crippen LogP contribution >= 0.6 is 0 Å². The van der Waals surface area contributed by atoms with Crippen LogP contribution in [0.1, 0.15) is 35.7 Å². The van der Waals surface area contributed by atoms with Crippen LogP contribution in [0.4, 0.5) is 0 Å². The second-order valence-electron chi connectivity index (χ2n) is 6.80. The molecule has 1 amide bonds. The van der Waals surface area contributed by atoms with Crippen molar-refractivity contribution in [3.05, 3.63) is 53.6 Å². The van der Waals surface area contributed by atoms with Gasteiger partial charge in [-0.15, -0.1) is 0 Å². The zero-order chi connectivity index (χ0) is 20.1. The van der Waals surface area contributed by atoms with E-state index in [0.29, 0.717) is 17.9 Å². The third kappa shape index (κ3) is 4.82. The SMILES string of the molecule is COc1ccc(OC)c(CN(C(=O)COc2ccc(C(C)=O)cc2)C2CC2)c1. The summed E-state index contributed by atoms with van der Waals surface area (Å²) in [6.45, 7) is 1.90. The summed E-state index contributed by atoms with van der Waals surface area (Å²) < 4.78 is 16.4. The summed E-state index contributed by atoms with van der Waals surface area (Å²) in [7, 11) is 3.23. The molecule has 0 aliphatic heterocycles. The number of methoxy groups -OCH3 is 2. The summed E-state index contributed by atoms with van der Waals surface area (Å²) in [6.07, 6.45) is 1.98. The fraction of sp³-hybridized carbons (Fsp3) is 0.364. The van der Waals surface area contributed by atoms with Crippen molar-refractivity contribution >= 4 is 11.7 Å². The number of ketones is 1. The van der Waals surface area contributed by atoms with Crippen LogP contribution in [0.15, 0.2) is 42.5 Å². The minimum atomic E-state index is -0.0805. The zero-order valence-corrected chi connectivity index (χ0v) is 16.4. The molecule has 0 N–H and O–H groups in total. The Labute approximate surface area is 165 Å². The van der Waals surface area contributed by atoms with E-state index in [1.807, 2.05) is 23.1 Å². The van der Waals surface area contributed by atoms with E-state index in [1.54, 1.807) is 38.5 Å². The van der Waals surface area contributed by atoms with Gasteiger partial charge in [-0.25, -0.2) is 0 Å². The van der Waals surface area contributed by atoms with Gasteiger partial charge in [0.2, 0.25) is 0 Å². The van der Waals surface area contributed by atoms with Crippen molar-refractivity contribution < 1.29 is 23.8 Å². The van der Waals surface area contributed by atoms with Crippen molar-refractivity contribution in [1.29, 1.82) is 0 Å². The van der Waals surface area contributed by atoms with E-state index in [9.17, 15) is 9.59 Å². The van der Waals surface area contributed by atoms with Gasteiger partial charge >= 0.3 is 0 Å². The Morgan fingerprint density at radius 3 is 2.25 bits per heavy atom. The van der Waals surface area contributed by atoms with E-state index in [2.05, 4.69) is 0 Å². The molecule has 148 valence electrons. The van der Waals surface area contributed by atoms with Crippen LogP contribution in [-0.2, 0) is 11.3 Å². The topological polar surface area (TPSA) is 65.1 Å². The quantitative estimate of drug-likeness (QED) is 0.621. The number of ether oxygens (including phenoxy) is 3. The second-order valence-corrected chi connectivity index (χ2v) is 6.80. The molecule has 0 saturated heterocycles. The summed E-state index contributed by atoms with van der Waals surface area (Å²) in [4.78, 5) is 26.0. The summed E-state index contributed by atoms with van der Waals surface area (Å²) in [6, 6.07) is 12.6. The molecule has 0 bridgehead atoms. The van der Waals surface area contributed by atoms with Crippen molar-refractivity contribution in [3.8, 4) is 17.2 Å². The highest BCUT2D eigenvalue weighted by Crippen LogP contribution is 2.32. The third-order valence-corrected chi connectivity index (χ3v) is 4.76. The van der Waals surface area contributed by atoms with Gasteiger partial charge in [0.25, 0.3) is 5.91 Å². The largest absolute Gasteiger partial charge is 0.497 e. The van der Waals surface area contributed by atoms with E-state index < -0.39 is 0 Å². The van der Waals surface area contributed by atoms with Gasteiger partial charge in [-0.2, -0.15) is 0 Å². The highest BCUT2D eigenvalue weighted by Gasteiger charge is 2.33. The molecular formula is C22H25NO5. The predicted molar refractivity (Wildman–Crippen MR) is 105 cm³/mol. The Bertz CT molecular complexity index is 843. The molecule has 2 aromatic carbocycles. The normalized spacial score (nSPS) is 13.0. The minimum absolute atomic E-state index is 0.00484. The van der Waals surface area contributed by atoms with Gasteiger partial charge in [-0.3, -0.25) is 9.59 Å². The Hall–Kier alpha value is -3.02. The fourth-order valence-electron chi connectivity index (χ4n) is 3.01. The van der Waals surface area contributed by atoms with Crippen molar-refractivity contribution in [2.45, 2.75) is 32.4 Å². The van der Waals surface area contributed by atoms with Crippen LogP contribution in [0.5, 0.6) is 17.2 Å². The highest BCUT2D eigenvalue weighted by atomic mass is 16.5.